The number of hydrogen-bond donors (Lipinski definition) is 2. The molecule has 1 fully saturated rings. The molecule has 1 aromatic carbocycles. The van der Waals surface area contributed by atoms with Crippen LogP contribution in [0.5, 0.6) is 0 Å². The zero-order chi connectivity index (χ0) is 17.5. The molecule has 24 heavy (non-hydrogen) atoms. The number of esters is 1. The summed E-state index contributed by atoms with van der Waals surface area (Å²) in [5, 5.41) is 11.7. The van der Waals surface area contributed by atoms with Gasteiger partial charge in [-0.25, -0.2) is 0 Å². The second-order valence-corrected chi connectivity index (χ2v) is 6.08. The van der Waals surface area contributed by atoms with Crippen molar-refractivity contribution in [2.75, 3.05) is 25.0 Å². The minimum atomic E-state index is -0.191. The smallest absolute Gasteiger partial charge is 0.309 e. The molecule has 0 aromatic heterocycles. The first-order valence-corrected chi connectivity index (χ1v) is 8.37. The van der Waals surface area contributed by atoms with Crippen LogP contribution in [-0.2, 0) is 14.3 Å². The number of amides is 1. The second-order valence-electron chi connectivity index (χ2n) is 6.08. The maximum Gasteiger partial charge on any atom is 0.309 e. The fourth-order valence-corrected chi connectivity index (χ4v) is 2.98. The molecule has 6 heteroatoms. The van der Waals surface area contributed by atoms with Crippen molar-refractivity contribution in [3.05, 3.63) is 29.8 Å². The Hall–Kier alpha value is -2.39. The Morgan fingerprint density at radius 2 is 1.96 bits per heavy atom. The van der Waals surface area contributed by atoms with Crippen LogP contribution in [0.1, 0.15) is 32.3 Å². The van der Waals surface area contributed by atoms with Crippen molar-refractivity contribution in [2.24, 2.45) is 5.92 Å². The number of piperidine rings is 1. The molecule has 0 bridgehead atoms. The number of nitrogens with one attached hydrogen (secondary N) is 2. The summed E-state index contributed by atoms with van der Waals surface area (Å²) < 4.78 is 5.07. The summed E-state index contributed by atoms with van der Waals surface area (Å²) in [7, 11) is 0. The molecule has 2 rings (SSSR count). The van der Waals surface area contributed by atoms with Gasteiger partial charge in [-0.05, 0) is 38.1 Å². The van der Waals surface area contributed by atoms with Crippen LogP contribution in [0.2, 0.25) is 0 Å². The number of hydrogen-bond acceptors (Lipinski definition) is 4. The van der Waals surface area contributed by atoms with Crippen LogP contribution < -0.4 is 10.2 Å². The summed E-state index contributed by atoms with van der Waals surface area (Å²) in [6.45, 7) is 5.69. The van der Waals surface area contributed by atoms with Gasteiger partial charge in [-0.15, -0.1) is 0 Å². The zero-order valence-electron chi connectivity index (χ0n) is 14.2. The van der Waals surface area contributed by atoms with E-state index >= 15 is 0 Å². The molecule has 0 radical (unpaired) electrons. The number of ether oxygens (including phenoxy) is 1. The first-order valence-electron chi connectivity index (χ1n) is 8.37. The number of anilines is 1. The fourth-order valence-electron chi connectivity index (χ4n) is 2.98. The number of nitrogens with zero attached hydrogens (tertiary/aromatic N) is 1. The fraction of sp³-hybridized carbons (Fsp3) is 0.500. The highest BCUT2D eigenvalue weighted by molar-refractivity contribution is 5.93. The molecule has 1 aromatic rings. The predicted octanol–water partition coefficient (Wildman–Crippen LogP) is 0.743. The molecule has 0 spiro atoms. The molecule has 1 amide bonds. The number of carbonyl (C=O) groups is 2. The largest absolute Gasteiger partial charge is 0.466 e. The molecule has 0 aliphatic carbocycles. The van der Waals surface area contributed by atoms with Gasteiger partial charge in [0.2, 0.25) is 0 Å². The topological polar surface area (TPSA) is 83.6 Å². The normalized spacial score (nSPS) is 21.4. The van der Waals surface area contributed by atoms with E-state index < -0.39 is 0 Å². The monoisotopic (exact) mass is 330 g/mol. The molecule has 1 heterocycles. The lowest BCUT2D eigenvalue weighted by Gasteiger charge is -2.31. The third kappa shape index (κ3) is 4.56. The lowest BCUT2D eigenvalue weighted by molar-refractivity contribution is -0.919. The lowest BCUT2D eigenvalue weighted by Crippen LogP contribution is -3.17. The van der Waals surface area contributed by atoms with Gasteiger partial charge in [0.05, 0.1) is 37.2 Å². The first kappa shape index (κ1) is 18.0. The highest BCUT2D eigenvalue weighted by Crippen LogP contribution is 2.12. The molecular formula is C18H24N3O3+. The number of likely N-dealkylation sites (tertiary alicyclic amines) is 1. The second kappa shape index (κ2) is 8.46. The summed E-state index contributed by atoms with van der Waals surface area (Å²) >= 11 is 0. The third-order valence-electron chi connectivity index (χ3n) is 4.53. The van der Waals surface area contributed by atoms with Crippen LogP contribution in [-0.4, -0.2) is 37.6 Å². The Balaban J connectivity index is 1.85. The minimum Gasteiger partial charge on any atom is -0.466 e. The highest BCUT2D eigenvalue weighted by atomic mass is 16.5. The highest BCUT2D eigenvalue weighted by Gasteiger charge is 2.33. The summed E-state index contributed by atoms with van der Waals surface area (Å²) in [5.41, 5.74) is 1.25. The molecular weight excluding hydrogens is 306 g/mol. The van der Waals surface area contributed by atoms with E-state index in [4.69, 9.17) is 10.00 Å². The van der Waals surface area contributed by atoms with Crippen molar-refractivity contribution >= 4 is 17.6 Å². The third-order valence-corrected chi connectivity index (χ3v) is 4.53. The van der Waals surface area contributed by atoms with Gasteiger partial charge >= 0.3 is 5.97 Å². The molecule has 0 unspecified atom stereocenters. The summed E-state index contributed by atoms with van der Waals surface area (Å²) in [4.78, 5) is 25.3. The van der Waals surface area contributed by atoms with E-state index in [1.165, 1.54) is 4.90 Å². The maximum absolute atomic E-state index is 12.4. The van der Waals surface area contributed by atoms with Gasteiger partial charge in [-0.3, -0.25) is 9.59 Å². The number of rotatable bonds is 5. The van der Waals surface area contributed by atoms with Crippen molar-refractivity contribution in [1.82, 2.24) is 0 Å². The summed E-state index contributed by atoms with van der Waals surface area (Å²) in [6.07, 6.45) is 1.51. The Kier molecular flexibility index (Phi) is 6.33. The van der Waals surface area contributed by atoms with Gasteiger partial charge in [0.1, 0.15) is 0 Å². The van der Waals surface area contributed by atoms with Crippen LogP contribution >= 0.6 is 0 Å². The van der Waals surface area contributed by atoms with Crippen LogP contribution in [0.4, 0.5) is 5.69 Å². The van der Waals surface area contributed by atoms with Gasteiger partial charge in [0.15, 0.2) is 6.04 Å². The molecule has 128 valence electrons. The van der Waals surface area contributed by atoms with E-state index in [1.54, 1.807) is 24.3 Å². The minimum absolute atomic E-state index is 0.0394. The SMILES string of the molecule is CCOC(=O)C1CC[NH+]([C@H](C)C(=O)Nc2ccc(C#N)cc2)CC1. The molecule has 1 saturated heterocycles. The predicted molar refractivity (Wildman–Crippen MR) is 89.3 cm³/mol. The summed E-state index contributed by atoms with van der Waals surface area (Å²) in [5.74, 6) is -0.210. The summed E-state index contributed by atoms with van der Waals surface area (Å²) in [6, 6.07) is 8.67. The van der Waals surface area contributed by atoms with Gasteiger partial charge in [-0.1, -0.05) is 0 Å². The van der Waals surface area contributed by atoms with E-state index in [-0.39, 0.29) is 23.8 Å². The van der Waals surface area contributed by atoms with E-state index in [9.17, 15) is 9.59 Å². The van der Waals surface area contributed by atoms with Gasteiger partial charge < -0.3 is 15.0 Å². The van der Waals surface area contributed by atoms with Crippen molar-refractivity contribution in [3.8, 4) is 6.07 Å². The van der Waals surface area contributed by atoms with Gasteiger partial charge in [-0.2, -0.15) is 5.26 Å². The number of quaternary nitrogens is 1. The van der Waals surface area contributed by atoms with Gasteiger partial charge in [0.25, 0.3) is 5.91 Å². The van der Waals surface area contributed by atoms with Crippen LogP contribution in [0.25, 0.3) is 0 Å². The average molecular weight is 330 g/mol. The van der Waals surface area contributed by atoms with Crippen molar-refractivity contribution in [2.45, 2.75) is 32.7 Å². The van der Waals surface area contributed by atoms with Gasteiger partial charge in [0, 0.05) is 18.5 Å². The molecule has 1 aliphatic heterocycles. The maximum atomic E-state index is 12.4. The van der Waals surface area contributed by atoms with E-state index in [2.05, 4.69) is 5.32 Å². The van der Waals surface area contributed by atoms with Crippen LogP contribution in [0, 0.1) is 17.2 Å². The molecule has 1 atom stereocenters. The Bertz CT molecular complexity index is 613. The number of benzene rings is 1. The molecule has 2 N–H and O–H groups in total. The standard InChI is InChI=1S/C18H23N3O3/c1-3-24-18(23)15-8-10-21(11-9-15)13(2)17(22)20-16-6-4-14(12-19)5-7-16/h4-7,13,15H,3,8-11H2,1-2H3,(H,20,22)/p+1/t13-/m1/s1. The van der Waals surface area contributed by atoms with Crippen molar-refractivity contribution in [3.63, 3.8) is 0 Å². The molecule has 0 saturated carbocycles. The van der Waals surface area contributed by atoms with E-state index in [1.807, 2.05) is 19.9 Å². The Morgan fingerprint density at radius 3 is 2.50 bits per heavy atom. The van der Waals surface area contributed by atoms with Crippen molar-refractivity contribution in [1.29, 1.82) is 5.26 Å². The average Bonchev–Trinajstić information content (AvgIpc) is 2.62. The van der Waals surface area contributed by atoms with Crippen LogP contribution in [0.3, 0.4) is 0 Å². The Labute approximate surface area is 142 Å². The van der Waals surface area contributed by atoms with E-state index in [0.717, 1.165) is 25.9 Å². The number of nitriles is 1. The Morgan fingerprint density at radius 1 is 1.33 bits per heavy atom. The zero-order valence-corrected chi connectivity index (χ0v) is 14.2. The van der Waals surface area contributed by atoms with E-state index in [0.29, 0.717) is 17.9 Å². The van der Waals surface area contributed by atoms with Crippen molar-refractivity contribution < 1.29 is 19.2 Å². The van der Waals surface area contributed by atoms with Crippen LogP contribution in [0.15, 0.2) is 24.3 Å². The quantitative estimate of drug-likeness (QED) is 0.780. The molecule has 6 nitrogen and oxygen atoms in total. The number of carbonyl (C=O) groups excluding carboxylic acids is 2. The molecule has 1 aliphatic rings. The lowest BCUT2D eigenvalue weighted by atomic mass is 9.96. The first-order chi connectivity index (χ1) is 11.5.